The standard InChI is InChI=1S/C25H26N4O3/c1-17-23(20-9-5-6-10-21(20)26(17)2)24-18-7-3-4-8-19(18)25(32)29(24)15-22(31)28-13-11-27(16-30)12-14-28/h3-10,16,24H,11-15H2,1-2H3. The van der Waals surface area contributed by atoms with Crippen LogP contribution in [-0.4, -0.2) is 70.2 Å². The predicted octanol–water partition coefficient (Wildman–Crippen LogP) is 2.33. The van der Waals surface area contributed by atoms with Crippen molar-refractivity contribution in [2.45, 2.75) is 13.0 Å². The van der Waals surface area contributed by atoms with Gasteiger partial charge < -0.3 is 19.3 Å². The topological polar surface area (TPSA) is 65.9 Å². The van der Waals surface area contributed by atoms with Gasteiger partial charge in [-0.05, 0) is 24.6 Å². The molecular formula is C25H26N4O3. The van der Waals surface area contributed by atoms with Crippen molar-refractivity contribution in [3.05, 3.63) is 70.9 Å². The van der Waals surface area contributed by atoms with Crippen LogP contribution in [0.15, 0.2) is 48.5 Å². The molecule has 0 N–H and O–H groups in total. The third-order valence-electron chi connectivity index (χ3n) is 6.90. The van der Waals surface area contributed by atoms with Crippen LogP contribution in [0.3, 0.4) is 0 Å². The molecule has 1 fully saturated rings. The summed E-state index contributed by atoms with van der Waals surface area (Å²) in [5, 5.41) is 1.10. The molecule has 2 aromatic carbocycles. The lowest BCUT2D eigenvalue weighted by Gasteiger charge is -2.34. The number of para-hydroxylation sites is 1. The van der Waals surface area contributed by atoms with Gasteiger partial charge in [-0.25, -0.2) is 0 Å². The largest absolute Gasteiger partial charge is 0.348 e. The molecule has 7 heteroatoms. The van der Waals surface area contributed by atoms with Gasteiger partial charge in [0.2, 0.25) is 12.3 Å². The van der Waals surface area contributed by atoms with E-state index in [1.807, 2.05) is 43.4 Å². The molecule has 0 aliphatic carbocycles. The highest BCUT2D eigenvalue weighted by Gasteiger charge is 2.41. The van der Waals surface area contributed by atoms with Crippen molar-refractivity contribution in [1.82, 2.24) is 19.3 Å². The van der Waals surface area contributed by atoms with Gasteiger partial charge in [-0.1, -0.05) is 36.4 Å². The van der Waals surface area contributed by atoms with Crippen molar-refractivity contribution in [2.24, 2.45) is 7.05 Å². The van der Waals surface area contributed by atoms with E-state index in [2.05, 4.69) is 23.6 Å². The lowest BCUT2D eigenvalue weighted by molar-refractivity contribution is -0.135. The molecule has 32 heavy (non-hydrogen) atoms. The minimum Gasteiger partial charge on any atom is -0.348 e. The molecule has 7 nitrogen and oxygen atoms in total. The fourth-order valence-corrected chi connectivity index (χ4v) is 5.06. The van der Waals surface area contributed by atoms with Crippen LogP contribution >= 0.6 is 0 Å². The summed E-state index contributed by atoms with van der Waals surface area (Å²) in [6.45, 7) is 4.11. The quantitative estimate of drug-likeness (QED) is 0.597. The maximum atomic E-state index is 13.4. The number of aryl methyl sites for hydroxylation is 1. The lowest BCUT2D eigenvalue weighted by atomic mass is 9.95. The highest BCUT2D eigenvalue weighted by molar-refractivity contribution is 6.02. The summed E-state index contributed by atoms with van der Waals surface area (Å²) in [7, 11) is 2.03. The second-order valence-corrected chi connectivity index (χ2v) is 8.52. The molecule has 2 aliphatic rings. The highest BCUT2D eigenvalue weighted by atomic mass is 16.2. The Morgan fingerprint density at radius 3 is 2.47 bits per heavy atom. The van der Waals surface area contributed by atoms with Crippen LogP contribution < -0.4 is 0 Å². The normalized spacial score (nSPS) is 18.4. The summed E-state index contributed by atoms with van der Waals surface area (Å²) in [6, 6.07) is 15.5. The van der Waals surface area contributed by atoms with E-state index in [9.17, 15) is 14.4 Å². The number of amides is 3. The Morgan fingerprint density at radius 1 is 1.03 bits per heavy atom. The fourth-order valence-electron chi connectivity index (χ4n) is 5.06. The summed E-state index contributed by atoms with van der Waals surface area (Å²) >= 11 is 0. The minimum atomic E-state index is -0.315. The smallest absolute Gasteiger partial charge is 0.255 e. The van der Waals surface area contributed by atoms with Gasteiger partial charge in [-0.15, -0.1) is 0 Å². The predicted molar refractivity (Wildman–Crippen MR) is 121 cm³/mol. The van der Waals surface area contributed by atoms with Crippen LogP contribution in [0.4, 0.5) is 0 Å². The van der Waals surface area contributed by atoms with Crippen LogP contribution in [0.25, 0.3) is 10.9 Å². The Hall–Kier alpha value is -3.61. The van der Waals surface area contributed by atoms with Crippen molar-refractivity contribution in [3.63, 3.8) is 0 Å². The zero-order chi connectivity index (χ0) is 22.4. The van der Waals surface area contributed by atoms with Gasteiger partial charge in [-0.3, -0.25) is 14.4 Å². The molecule has 1 aromatic heterocycles. The number of nitrogens with zero attached hydrogens (tertiary/aromatic N) is 4. The number of hydrogen-bond donors (Lipinski definition) is 0. The highest BCUT2D eigenvalue weighted by Crippen LogP contribution is 2.43. The van der Waals surface area contributed by atoms with Gasteiger partial charge in [0, 0.05) is 61.0 Å². The average Bonchev–Trinajstić information content (AvgIpc) is 3.24. The number of carbonyl (C=O) groups is 3. The monoisotopic (exact) mass is 430 g/mol. The van der Waals surface area contributed by atoms with Crippen molar-refractivity contribution in [3.8, 4) is 0 Å². The van der Waals surface area contributed by atoms with E-state index in [4.69, 9.17) is 0 Å². The maximum absolute atomic E-state index is 13.4. The number of rotatable bonds is 4. The second kappa shape index (κ2) is 7.82. The molecule has 0 bridgehead atoms. The molecule has 0 saturated carbocycles. The van der Waals surface area contributed by atoms with Crippen molar-refractivity contribution in [2.75, 3.05) is 32.7 Å². The van der Waals surface area contributed by atoms with E-state index in [0.29, 0.717) is 31.7 Å². The maximum Gasteiger partial charge on any atom is 0.255 e. The number of fused-ring (bicyclic) bond motifs is 2. The lowest BCUT2D eigenvalue weighted by Crippen LogP contribution is -2.51. The molecule has 2 aliphatic heterocycles. The molecule has 1 atom stereocenters. The van der Waals surface area contributed by atoms with E-state index < -0.39 is 0 Å². The first-order valence-corrected chi connectivity index (χ1v) is 10.9. The number of benzene rings is 2. The summed E-state index contributed by atoms with van der Waals surface area (Å²) < 4.78 is 2.15. The minimum absolute atomic E-state index is 0.0158. The second-order valence-electron chi connectivity index (χ2n) is 8.52. The van der Waals surface area contributed by atoms with Crippen molar-refractivity contribution < 1.29 is 14.4 Å². The zero-order valence-electron chi connectivity index (χ0n) is 18.3. The summed E-state index contributed by atoms with van der Waals surface area (Å²) in [4.78, 5) is 42.8. The van der Waals surface area contributed by atoms with Gasteiger partial charge in [-0.2, -0.15) is 0 Å². The molecule has 1 unspecified atom stereocenters. The molecular weight excluding hydrogens is 404 g/mol. The summed E-state index contributed by atoms with van der Waals surface area (Å²) in [5.74, 6) is -0.197. The Kier molecular flexibility index (Phi) is 4.96. The zero-order valence-corrected chi connectivity index (χ0v) is 18.3. The molecule has 3 aromatic rings. The molecule has 0 radical (unpaired) electrons. The average molecular weight is 431 g/mol. The summed E-state index contributed by atoms with van der Waals surface area (Å²) in [6.07, 6.45) is 0.821. The van der Waals surface area contributed by atoms with E-state index in [1.54, 1.807) is 14.7 Å². The van der Waals surface area contributed by atoms with Gasteiger partial charge in [0.1, 0.15) is 6.54 Å². The van der Waals surface area contributed by atoms with Crippen LogP contribution in [0.2, 0.25) is 0 Å². The van der Waals surface area contributed by atoms with Crippen LogP contribution in [0.1, 0.15) is 33.2 Å². The Morgan fingerprint density at radius 2 is 1.72 bits per heavy atom. The van der Waals surface area contributed by atoms with Crippen LogP contribution in [0.5, 0.6) is 0 Å². The van der Waals surface area contributed by atoms with Gasteiger partial charge in [0.15, 0.2) is 0 Å². The van der Waals surface area contributed by atoms with E-state index >= 15 is 0 Å². The Balaban J connectivity index is 1.54. The number of carbonyl (C=O) groups excluding carboxylic acids is 3. The van der Waals surface area contributed by atoms with E-state index in [1.165, 1.54) is 0 Å². The van der Waals surface area contributed by atoms with Crippen molar-refractivity contribution in [1.29, 1.82) is 0 Å². The fraction of sp³-hybridized carbons (Fsp3) is 0.320. The number of hydrogen-bond acceptors (Lipinski definition) is 3. The molecule has 0 spiro atoms. The van der Waals surface area contributed by atoms with Crippen LogP contribution in [0, 0.1) is 6.92 Å². The molecule has 1 saturated heterocycles. The van der Waals surface area contributed by atoms with Crippen LogP contribution in [-0.2, 0) is 16.6 Å². The number of piperazine rings is 1. The Labute approximate surface area is 186 Å². The van der Waals surface area contributed by atoms with Gasteiger partial charge in [0.25, 0.3) is 5.91 Å². The molecule has 5 rings (SSSR count). The van der Waals surface area contributed by atoms with Crippen molar-refractivity contribution >= 4 is 29.1 Å². The first kappa shape index (κ1) is 20.3. The van der Waals surface area contributed by atoms with E-state index in [-0.39, 0.29) is 24.4 Å². The SMILES string of the molecule is Cc1c(C2c3ccccc3C(=O)N2CC(=O)N2CCN(C=O)CC2)c2ccccc2n1C. The third kappa shape index (κ3) is 3.07. The third-order valence-corrected chi connectivity index (χ3v) is 6.90. The first-order valence-electron chi connectivity index (χ1n) is 10.9. The first-order chi connectivity index (χ1) is 15.5. The van der Waals surface area contributed by atoms with Gasteiger partial charge >= 0.3 is 0 Å². The molecule has 3 heterocycles. The molecule has 3 amide bonds. The summed E-state index contributed by atoms with van der Waals surface area (Å²) in [5.41, 5.74) is 4.85. The molecule has 164 valence electrons. The number of aromatic nitrogens is 1. The van der Waals surface area contributed by atoms with E-state index in [0.717, 1.165) is 34.1 Å². The van der Waals surface area contributed by atoms with Gasteiger partial charge in [0.05, 0.1) is 6.04 Å². The Bertz CT molecular complexity index is 1220.